The van der Waals surface area contributed by atoms with Crippen LogP contribution in [0.3, 0.4) is 0 Å². The van der Waals surface area contributed by atoms with Gasteiger partial charge in [-0.15, -0.1) is 16.4 Å². The van der Waals surface area contributed by atoms with Crippen molar-refractivity contribution in [3.8, 4) is 0 Å². The van der Waals surface area contributed by atoms with E-state index in [1.807, 2.05) is 10.9 Å². The van der Waals surface area contributed by atoms with Crippen molar-refractivity contribution in [3.05, 3.63) is 28.0 Å². The van der Waals surface area contributed by atoms with Gasteiger partial charge in [0.15, 0.2) is 0 Å². The summed E-state index contributed by atoms with van der Waals surface area (Å²) in [5.41, 5.74) is 2.26. The van der Waals surface area contributed by atoms with Crippen LogP contribution in [0.4, 0.5) is 0 Å². The molecule has 0 aliphatic rings. The molecule has 0 radical (unpaired) electrons. The van der Waals surface area contributed by atoms with E-state index in [-0.39, 0.29) is 5.41 Å². The molecule has 0 atom stereocenters. The van der Waals surface area contributed by atoms with Crippen LogP contribution in [0.15, 0.2) is 11.6 Å². The first-order valence-electron chi connectivity index (χ1n) is 5.89. The lowest BCUT2D eigenvalue weighted by atomic mass is 9.93. The van der Waals surface area contributed by atoms with E-state index in [0.29, 0.717) is 6.54 Å². The third-order valence-electron chi connectivity index (χ3n) is 2.55. The van der Waals surface area contributed by atoms with Crippen molar-refractivity contribution in [3.63, 3.8) is 0 Å². The zero-order chi connectivity index (χ0) is 13.2. The van der Waals surface area contributed by atoms with Crippen LogP contribution < -0.4 is 0 Å². The second-order valence-corrected chi connectivity index (χ2v) is 6.96. The fourth-order valence-corrected chi connectivity index (χ4v) is 2.91. The van der Waals surface area contributed by atoms with Crippen molar-refractivity contribution >= 4 is 27.3 Å². The summed E-state index contributed by atoms with van der Waals surface area (Å²) in [4.78, 5) is 4.65. The minimum atomic E-state index is 0.109. The first-order chi connectivity index (χ1) is 8.49. The summed E-state index contributed by atoms with van der Waals surface area (Å²) in [5, 5.41) is 12.4. The molecule has 6 heteroatoms. The standard InChI is InChI=1S/C12H17BrN4S/c1-12(2,3)10-8-18-11(14-10)7-17-6-9(4-5-13)15-16-17/h6,8H,4-5,7H2,1-3H3. The van der Waals surface area contributed by atoms with Gasteiger partial charge in [0.05, 0.1) is 17.9 Å². The molecule has 4 nitrogen and oxygen atoms in total. The lowest BCUT2D eigenvalue weighted by molar-refractivity contribution is 0.566. The Balaban J connectivity index is 2.06. The Morgan fingerprint density at radius 3 is 2.78 bits per heavy atom. The topological polar surface area (TPSA) is 43.6 Å². The summed E-state index contributed by atoms with van der Waals surface area (Å²) in [7, 11) is 0. The number of hydrogen-bond acceptors (Lipinski definition) is 4. The van der Waals surface area contributed by atoms with Gasteiger partial charge in [-0.1, -0.05) is 41.9 Å². The van der Waals surface area contributed by atoms with Gasteiger partial charge in [0.25, 0.3) is 0 Å². The molecule has 98 valence electrons. The van der Waals surface area contributed by atoms with E-state index >= 15 is 0 Å². The molecule has 0 amide bonds. The lowest BCUT2D eigenvalue weighted by Crippen LogP contribution is -2.12. The molecular weight excluding hydrogens is 312 g/mol. The SMILES string of the molecule is CC(C)(C)c1csc(Cn2cc(CCBr)nn2)n1. The Morgan fingerprint density at radius 2 is 2.17 bits per heavy atom. The van der Waals surface area contributed by atoms with Gasteiger partial charge in [-0.05, 0) is 0 Å². The molecule has 0 N–H and O–H groups in total. The number of halogens is 1. The third kappa shape index (κ3) is 3.38. The van der Waals surface area contributed by atoms with Crippen molar-refractivity contribution in [2.45, 2.75) is 39.2 Å². The summed E-state index contributed by atoms with van der Waals surface area (Å²) in [6.07, 6.45) is 2.89. The zero-order valence-electron chi connectivity index (χ0n) is 10.9. The molecule has 0 fully saturated rings. The number of aromatic nitrogens is 4. The van der Waals surface area contributed by atoms with Gasteiger partial charge in [-0.3, -0.25) is 0 Å². The van der Waals surface area contributed by atoms with Crippen LogP contribution in [0, 0.1) is 0 Å². The quantitative estimate of drug-likeness (QED) is 0.810. The van der Waals surface area contributed by atoms with E-state index < -0.39 is 0 Å². The predicted octanol–water partition coefficient (Wildman–Crippen LogP) is 3.02. The highest BCUT2D eigenvalue weighted by Crippen LogP contribution is 2.24. The molecule has 0 aliphatic heterocycles. The average molecular weight is 329 g/mol. The summed E-state index contributed by atoms with van der Waals surface area (Å²) in [5.74, 6) is 0. The fourth-order valence-electron chi connectivity index (χ4n) is 1.49. The Morgan fingerprint density at radius 1 is 1.39 bits per heavy atom. The molecule has 2 heterocycles. The van der Waals surface area contributed by atoms with Gasteiger partial charge in [0.2, 0.25) is 0 Å². The largest absolute Gasteiger partial charge is 0.245 e. The molecule has 0 saturated carbocycles. The van der Waals surface area contributed by atoms with Crippen molar-refractivity contribution in [1.82, 2.24) is 20.0 Å². The molecule has 0 unspecified atom stereocenters. The van der Waals surface area contributed by atoms with E-state index in [1.54, 1.807) is 11.3 Å². The van der Waals surface area contributed by atoms with Crippen molar-refractivity contribution in [1.29, 1.82) is 0 Å². The first kappa shape index (κ1) is 13.7. The second-order valence-electron chi connectivity index (χ2n) is 5.22. The Labute approximate surface area is 120 Å². The highest BCUT2D eigenvalue weighted by Gasteiger charge is 2.17. The number of thiazole rings is 1. The molecule has 2 rings (SSSR count). The van der Waals surface area contributed by atoms with Crippen LogP contribution in [0.2, 0.25) is 0 Å². The predicted molar refractivity (Wildman–Crippen MR) is 77.4 cm³/mol. The van der Waals surface area contributed by atoms with Crippen molar-refractivity contribution in [2.24, 2.45) is 0 Å². The minimum Gasteiger partial charge on any atom is -0.245 e. The van der Waals surface area contributed by atoms with Gasteiger partial charge in [0.1, 0.15) is 5.01 Å². The maximum absolute atomic E-state index is 4.65. The molecule has 0 aromatic carbocycles. The van der Waals surface area contributed by atoms with Gasteiger partial charge < -0.3 is 0 Å². The van der Waals surface area contributed by atoms with Crippen LogP contribution in [-0.2, 0) is 18.4 Å². The van der Waals surface area contributed by atoms with Crippen LogP contribution in [0.5, 0.6) is 0 Å². The summed E-state index contributed by atoms with van der Waals surface area (Å²) < 4.78 is 1.85. The van der Waals surface area contributed by atoms with Crippen LogP contribution >= 0.6 is 27.3 Å². The summed E-state index contributed by atoms with van der Waals surface area (Å²) in [6.45, 7) is 7.23. The number of alkyl halides is 1. The third-order valence-corrected chi connectivity index (χ3v) is 3.78. The van der Waals surface area contributed by atoms with Crippen LogP contribution in [-0.4, -0.2) is 25.3 Å². The summed E-state index contributed by atoms with van der Waals surface area (Å²) in [6, 6.07) is 0. The highest BCUT2D eigenvalue weighted by molar-refractivity contribution is 9.09. The molecule has 2 aromatic rings. The van der Waals surface area contributed by atoms with Gasteiger partial charge in [-0.25, -0.2) is 9.67 Å². The van der Waals surface area contributed by atoms with E-state index in [4.69, 9.17) is 0 Å². The number of nitrogens with zero attached hydrogens (tertiary/aromatic N) is 4. The zero-order valence-corrected chi connectivity index (χ0v) is 13.3. The molecule has 0 aliphatic carbocycles. The molecule has 0 bridgehead atoms. The van der Waals surface area contributed by atoms with Crippen LogP contribution in [0.1, 0.15) is 37.2 Å². The van der Waals surface area contributed by atoms with Gasteiger partial charge in [-0.2, -0.15) is 0 Å². The lowest BCUT2D eigenvalue weighted by Gasteiger charge is -2.14. The second kappa shape index (κ2) is 5.48. The smallest absolute Gasteiger partial charge is 0.114 e. The van der Waals surface area contributed by atoms with Crippen molar-refractivity contribution < 1.29 is 0 Å². The highest BCUT2D eigenvalue weighted by atomic mass is 79.9. The summed E-state index contributed by atoms with van der Waals surface area (Å²) >= 11 is 5.08. The van der Waals surface area contributed by atoms with Crippen LogP contribution in [0.25, 0.3) is 0 Å². The fraction of sp³-hybridized carbons (Fsp3) is 0.583. The number of rotatable bonds is 4. The maximum atomic E-state index is 4.65. The van der Waals surface area contributed by atoms with E-state index in [9.17, 15) is 0 Å². The number of aryl methyl sites for hydroxylation is 1. The minimum absolute atomic E-state index is 0.109. The first-order valence-corrected chi connectivity index (χ1v) is 7.89. The van der Waals surface area contributed by atoms with E-state index in [0.717, 1.165) is 28.1 Å². The van der Waals surface area contributed by atoms with Gasteiger partial charge in [0, 0.05) is 28.7 Å². The molecule has 0 spiro atoms. The molecule has 18 heavy (non-hydrogen) atoms. The van der Waals surface area contributed by atoms with E-state index in [2.05, 4.69) is 57.4 Å². The maximum Gasteiger partial charge on any atom is 0.114 e. The monoisotopic (exact) mass is 328 g/mol. The van der Waals surface area contributed by atoms with E-state index in [1.165, 1.54) is 0 Å². The molecule has 0 saturated heterocycles. The molecular formula is C12H17BrN4S. The normalized spacial score (nSPS) is 12.0. The van der Waals surface area contributed by atoms with Crippen molar-refractivity contribution in [2.75, 3.05) is 5.33 Å². The average Bonchev–Trinajstić information content (AvgIpc) is 2.88. The molecule has 2 aromatic heterocycles. The van der Waals surface area contributed by atoms with Gasteiger partial charge >= 0.3 is 0 Å². The Bertz CT molecular complexity index is 512. The number of hydrogen-bond donors (Lipinski definition) is 0. The Kier molecular flexibility index (Phi) is 4.17. The Hall–Kier alpha value is -0.750.